The van der Waals surface area contributed by atoms with Gasteiger partial charge in [-0.3, -0.25) is 0 Å². The number of benzene rings is 4. The van der Waals surface area contributed by atoms with Gasteiger partial charge in [-0.1, -0.05) is 135 Å². The third kappa shape index (κ3) is 6.28. The average Bonchev–Trinajstić information content (AvgIpc) is 3.56. The van der Waals surface area contributed by atoms with E-state index in [1.54, 1.807) is 0 Å². The summed E-state index contributed by atoms with van der Waals surface area (Å²) in [7, 11) is 0. The van der Waals surface area contributed by atoms with Gasteiger partial charge in [-0.2, -0.15) is 0 Å². The van der Waals surface area contributed by atoms with Crippen LogP contribution in [0.25, 0.3) is 76.0 Å². The van der Waals surface area contributed by atoms with Crippen molar-refractivity contribution in [3.63, 3.8) is 0 Å². The molecule has 47 heavy (non-hydrogen) atoms. The number of allylic oxidation sites excluding steroid dienone is 3. The summed E-state index contributed by atoms with van der Waals surface area (Å²) in [5.41, 5.74) is 11.7. The Labute approximate surface area is 278 Å². The highest BCUT2D eigenvalue weighted by atomic mass is 15.0. The molecule has 6 aromatic rings. The molecular weight excluding hydrogens is 569 g/mol. The molecule has 0 unspecified atom stereocenters. The number of aromatic nitrogens is 2. The highest BCUT2D eigenvalue weighted by molar-refractivity contribution is 5.95. The lowest BCUT2D eigenvalue weighted by Crippen LogP contribution is -2.27. The molecule has 0 spiro atoms. The Morgan fingerprint density at radius 3 is 1.94 bits per heavy atom. The van der Waals surface area contributed by atoms with Gasteiger partial charge in [-0.05, 0) is 78.4 Å². The second kappa shape index (κ2) is 13.8. The highest BCUT2D eigenvalue weighted by Gasteiger charge is 2.12. The molecule has 2 heterocycles. The topological polar surface area (TPSA) is 9.86 Å². The number of nitrogens with zero attached hydrogens (tertiary/aromatic N) is 2. The van der Waals surface area contributed by atoms with Gasteiger partial charge in [0.2, 0.25) is 0 Å². The molecule has 0 atom stereocenters. The molecular formula is C45H42N2. The normalized spacial score (nSPS) is 12.4. The summed E-state index contributed by atoms with van der Waals surface area (Å²) < 4.78 is 4.64. The Morgan fingerprint density at radius 2 is 1.30 bits per heavy atom. The van der Waals surface area contributed by atoms with Crippen LogP contribution in [0, 0.1) is 0 Å². The van der Waals surface area contributed by atoms with E-state index < -0.39 is 0 Å². The summed E-state index contributed by atoms with van der Waals surface area (Å²) in [6, 6.07) is 32.5. The van der Waals surface area contributed by atoms with Gasteiger partial charge < -0.3 is 9.13 Å². The zero-order valence-corrected chi connectivity index (χ0v) is 27.7. The molecule has 0 amide bonds. The van der Waals surface area contributed by atoms with Gasteiger partial charge in [0.05, 0.1) is 0 Å². The highest BCUT2D eigenvalue weighted by Crippen LogP contribution is 2.30. The first kappa shape index (κ1) is 31.4. The van der Waals surface area contributed by atoms with Crippen molar-refractivity contribution in [2.45, 2.75) is 33.9 Å². The lowest BCUT2D eigenvalue weighted by atomic mass is 10.0. The SMILES string of the molecule is C=Cc1c(/C=C\C)c2ccc(/C=C/c3ccc(-c4ccc(/C=C/C(=C)/C=c5\c(=C)c6ccccc6n5CC)cc4)cc3)cc2n1CC. The number of para-hydroxylation sites is 1. The molecule has 0 aliphatic rings. The second-order valence-electron chi connectivity index (χ2n) is 11.8. The van der Waals surface area contributed by atoms with Crippen molar-refractivity contribution in [2.24, 2.45) is 0 Å². The maximum absolute atomic E-state index is 4.36. The van der Waals surface area contributed by atoms with E-state index in [2.05, 4.69) is 183 Å². The monoisotopic (exact) mass is 610 g/mol. The van der Waals surface area contributed by atoms with Gasteiger partial charge in [0.25, 0.3) is 0 Å². The van der Waals surface area contributed by atoms with Crippen LogP contribution in [0.4, 0.5) is 0 Å². The number of hydrogen-bond donors (Lipinski definition) is 0. The fourth-order valence-electron chi connectivity index (χ4n) is 6.51. The molecule has 0 saturated carbocycles. The summed E-state index contributed by atoms with van der Waals surface area (Å²) in [6.45, 7) is 20.9. The first-order chi connectivity index (χ1) is 22.9. The van der Waals surface area contributed by atoms with E-state index in [1.807, 2.05) is 6.08 Å². The predicted octanol–water partition coefficient (Wildman–Crippen LogP) is 10.6. The summed E-state index contributed by atoms with van der Waals surface area (Å²) in [4.78, 5) is 0. The third-order valence-corrected chi connectivity index (χ3v) is 8.88. The van der Waals surface area contributed by atoms with E-state index in [4.69, 9.17) is 0 Å². The van der Waals surface area contributed by atoms with Crippen LogP contribution in [0.3, 0.4) is 0 Å². The fraction of sp³-hybridized carbons (Fsp3) is 0.111. The molecule has 0 aliphatic heterocycles. The minimum Gasteiger partial charge on any atom is -0.341 e. The molecule has 0 fully saturated rings. The average molecular weight is 611 g/mol. The Bertz CT molecular complexity index is 2300. The molecule has 0 bridgehead atoms. The quantitative estimate of drug-likeness (QED) is 0.108. The Hall–Kier alpha value is -5.60. The minimum absolute atomic E-state index is 0.886. The van der Waals surface area contributed by atoms with Gasteiger partial charge in [-0.25, -0.2) is 0 Å². The van der Waals surface area contributed by atoms with Crippen LogP contribution in [0.15, 0.2) is 122 Å². The number of fused-ring (bicyclic) bond motifs is 2. The number of rotatable bonds is 10. The second-order valence-corrected chi connectivity index (χ2v) is 11.8. The predicted molar refractivity (Wildman–Crippen MR) is 208 cm³/mol. The molecule has 2 nitrogen and oxygen atoms in total. The summed E-state index contributed by atoms with van der Waals surface area (Å²) in [5.74, 6) is 0. The van der Waals surface area contributed by atoms with E-state index in [0.717, 1.165) is 34.8 Å². The summed E-state index contributed by atoms with van der Waals surface area (Å²) in [5, 5.41) is 4.62. The van der Waals surface area contributed by atoms with Crippen molar-refractivity contribution in [3.8, 4) is 11.1 Å². The van der Waals surface area contributed by atoms with Crippen LogP contribution in [-0.4, -0.2) is 9.13 Å². The van der Waals surface area contributed by atoms with Crippen LogP contribution in [0.5, 0.6) is 0 Å². The molecule has 0 aliphatic carbocycles. The van der Waals surface area contributed by atoms with Crippen molar-refractivity contribution < 1.29 is 0 Å². The lowest BCUT2D eigenvalue weighted by molar-refractivity contribution is 0.771. The van der Waals surface area contributed by atoms with Gasteiger partial charge in [0.15, 0.2) is 0 Å². The molecule has 2 heteroatoms. The largest absolute Gasteiger partial charge is 0.341 e. The smallest absolute Gasteiger partial charge is 0.0497 e. The van der Waals surface area contributed by atoms with E-state index in [9.17, 15) is 0 Å². The van der Waals surface area contributed by atoms with E-state index in [-0.39, 0.29) is 0 Å². The van der Waals surface area contributed by atoms with Crippen molar-refractivity contribution in [1.29, 1.82) is 0 Å². The maximum atomic E-state index is 4.36. The zero-order valence-electron chi connectivity index (χ0n) is 27.7. The first-order valence-electron chi connectivity index (χ1n) is 16.4. The van der Waals surface area contributed by atoms with Gasteiger partial charge in [0, 0.05) is 56.7 Å². The van der Waals surface area contributed by atoms with Gasteiger partial charge in [-0.15, -0.1) is 0 Å². The first-order valence-corrected chi connectivity index (χ1v) is 16.4. The van der Waals surface area contributed by atoms with E-state index in [0.29, 0.717) is 0 Å². The fourth-order valence-corrected chi connectivity index (χ4v) is 6.51. The Kier molecular flexibility index (Phi) is 9.22. The van der Waals surface area contributed by atoms with E-state index >= 15 is 0 Å². The molecule has 4 aromatic carbocycles. The molecule has 2 aromatic heterocycles. The lowest BCUT2D eigenvalue weighted by Gasteiger charge is -2.05. The van der Waals surface area contributed by atoms with Crippen LogP contribution in [0.2, 0.25) is 0 Å². The van der Waals surface area contributed by atoms with Crippen LogP contribution in [0.1, 0.15) is 48.7 Å². The van der Waals surface area contributed by atoms with Crippen LogP contribution < -0.4 is 10.6 Å². The van der Waals surface area contributed by atoms with Crippen LogP contribution >= 0.6 is 0 Å². The third-order valence-electron chi connectivity index (χ3n) is 8.88. The van der Waals surface area contributed by atoms with Crippen LogP contribution in [-0.2, 0) is 13.1 Å². The van der Waals surface area contributed by atoms with Crippen molar-refractivity contribution in [1.82, 2.24) is 9.13 Å². The van der Waals surface area contributed by atoms with Crippen molar-refractivity contribution in [2.75, 3.05) is 0 Å². The van der Waals surface area contributed by atoms with E-state index in [1.165, 1.54) is 55.3 Å². The minimum atomic E-state index is 0.886. The summed E-state index contributed by atoms with van der Waals surface area (Å²) in [6.07, 6.45) is 16.9. The molecule has 0 radical (unpaired) electrons. The Balaban J connectivity index is 1.15. The number of aryl methyl sites for hydroxylation is 2. The molecule has 232 valence electrons. The molecule has 0 saturated heterocycles. The number of hydrogen-bond acceptors (Lipinski definition) is 0. The van der Waals surface area contributed by atoms with Gasteiger partial charge in [0.1, 0.15) is 0 Å². The van der Waals surface area contributed by atoms with Gasteiger partial charge >= 0.3 is 0 Å². The maximum Gasteiger partial charge on any atom is 0.0497 e. The zero-order chi connectivity index (χ0) is 32.9. The Morgan fingerprint density at radius 1 is 0.681 bits per heavy atom. The summed E-state index contributed by atoms with van der Waals surface area (Å²) >= 11 is 0. The molecule has 0 N–H and O–H groups in total. The standard InChI is InChI=1S/C45H42N2/c1-7-13-40-41-29-24-36(31-45(41)46(9-3)42(40)8-2)19-18-35-22-27-38(28-23-35)37-25-20-34(21-26-37)17-16-32(5)30-44-33(6)39-14-11-12-15-43(39)47(44)10-4/h7-8,11-31H,2,5-6,9-10H2,1,3-4H3/b13-7-,17-16+,19-18+,44-30+. The van der Waals surface area contributed by atoms with Crippen molar-refractivity contribution >= 4 is 64.8 Å². The van der Waals surface area contributed by atoms with Crippen molar-refractivity contribution in [3.05, 3.63) is 160 Å². The molecule has 6 rings (SSSR count).